The van der Waals surface area contributed by atoms with Gasteiger partial charge in [-0.25, -0.2) is 4.84 Å². The molecule has 8 nitrogen and oxygen atoms in total. The van der Waals surface area contributed by atoms with Gasteiger partial charge in [0.2, 0.25) is 5.91 Å². The number of aliphatic carboxylic acids is 1. The Morgan fingerprint density at radius 3 is 2.24 bits per heavy atom. The van der Waals surface area contributed by atoms with E-state index in [4.69, 9.17) is 38.6 Å². The largest absolute Gasteiger partial charge is 0.480 e. The SMILES string of the molecule is COC(=O)C(Cc1ccc(Oc2ccc(CC3SC(=S)N(CC(=O)O)C3=O)cc2)cc1)NCl. The number of carbonyl (C=O) groups excluding carboxylic acids is 2. The zero-order valence-corrected chi connectivity index (χ0v) is 19.9. The van der Waals surface area contributed by atoms with Crippen LogP contribution >= 0.6 is 35.8 Å². The Balaban J connectivity index is 1.56. The smallest absolute Gasteiger partial charge is 0.324 e. The normalized spacial score (nSPS) is 16.5. The second-order valence-corrected chi connectivity index (χ2v) is 9.23. The van der Waals surface area contributed by atoms with Crippen LogP contribution in [0, 0.1) is 0 Å². The summed E-state index contributed by atoms with van der Waals surface area (Å²) in [6.07, 6.45) is 0.807. The molecule has 11 heteroatoms. The summed E-state index contributed by atoms with van der Waals surface area (Å²) in [4.78, 5) is 38.5. The molecule has 1 heterocycles. The van der Waals surface area contributed by atoms with Gasteiger partial charge in [-0.15, -0.1) is 0 Å². The minimum Gasteiger partial charge on any atom is -0.480 e. The van der Waals surface area contributed by atoms with E-state index < -0.39 is 29.8 Å². The van der Waals surface area contributed by atoms with Crippen LogP contribution < -0.4 is 9.57 Å². The minimum atomic E-state index is -1.10. The van der Waals surface area contributed by atoms with Crippen molar-refractivity contribution in [2.45, 2.75) is 24.1 Å². The fourth-order valence-electron chi connectivity index (χ4n) is 3.19. The van der Waals surface area contributed by atoms with Crippen LogP contribution in [-0.2, 0) is 32.0 Å². The molecule has 2 atom stereocenters. The summed E-state index contributed by atoms with van der Waals surface area (Å²) >= 11 is 11.9. The maximum atomic E-state index is 12.4. The third kappa shape index (κ3) is 6.67. The molecule has 33 heavy (non-hydrogen) atoms. The highest BCUT2D eigenvalue weighted by Crippen LogP contribution is 2.30. The molecule has 1 fully saturated rings. The number of hydrogen-bond donors (Lipinski definition) is 2. The van der Waals surface area contributed by atoms with Gasteiger partial charge in [-0.1, -0.05) is 48.2 Å². The van der Waals surface area contributed by atoms with Gasteiger partial charge in [0.25, 0.3) is 0 Å². The van der Waals surface area contributed by atoms with E-state index in [0.29, 0.717) is 24.3 Å². The number of hydrogen-bond acceptors (Lipinski definition) is 8. The predicted molar refractivity (Wildman–Crippen MR) is 128 cm³/mol. The number of carboxylic acids is 1. The van der Waals surface area contributed by atoms with Crippen molar-refractivity contribution in [1.82, 2.24) is 9.74 Å². The topological polar surface area (TPSA) is 105 Å². The Labute approximate surface area is 205 Å². The lowest BCUT2D eigenvalue weighted by molar-refractivity contribution is -0.142. The number of benzene rings is 2. The fourth-order valence-corrected chi connectivity index (χ4v) is 4.89. The lowest BCUT2D eigenvalue weighted by Crippen LogP contribution is -2.36. The van der Waals surface area contributed by atoms with Crippen LogP contribution in [0.25, 0.3) is 0 Å². The molecule has 0 spiro atoms. The number of carbonyl (C=O) groups is 3. The molecular weight excluding hydrogens is 488 g/mol. The number of thioether (sulfide) groups is 1. The summed E-state index contributed by atoms with van der Waals surface area (Å²) in [5.74, 6) is -0.586. The number of amides is 1. The van der Waals surface area contributed by atoms with Crippen molar-refractivity contribution >= 4 is 57.9 Å². The van der Waals surface area contributed by atoms with Gasteiger partial charge in [0.15, 0.2) is 0 Å². The zero-order valence-electron chi connectivity index (χ0n) is 17.5. The van der Waals surface area contributed by atoms with Crippen molar-refractivity contribution in [2.75, 3.05) is 13.7 Å². The van der Waals surface area contributed by atoms with Gasteiger partial charge < -0.3 is 14.6 Å². The predicted octanol–water partition coefficient (Wildman–Crippen LogP) is 3.16. The molecule has 0 radical (unpaired) electrons. The van der Waals surface area contributed by atoms with Crippen molar-refractivity contribution in [3.63, 3.8) is 0 Å². The molecule has 1 aliphatic rings. The van der Waals surface area contributed by atoms with E-state index in [1.54, 1.807) is 24.3 Å². The van der Waals surface area contributed by atoms with Crippen LogP contribution in [0.5, 0.6) is 11.5 Å². The number of rotatable bonds is 10. The van der Waals surface area contributed by atoms with E-state index in [2.05, 4.69) is 4.84 Å². The molecular formula is C22H21ClN2O6S2. The average molecular weight is 509 g/mol. The third-order valence-corrected chi connectivity index (χ3v) is 6.71. The summed E-state index contributed by atoms with van der Waals surface area (Å²) in [7, 11) is 1.30. The number of nitrogens with zero attached hydrogens (tertiary/aromatic N) is 1. The first-order chi connectivity index (χ1) is 15.8. The fraction of sp³-hybridized carbons (Fsp3) is 0.273. The molecule has 1 aliphatic heterocycles. The Bertz CT molecular complexity index is 1030. The molecule has 1 amide bonds. The standard InChI is InChI=1S/C22H21ClN2O6S2/c1-30-21(29)17(24-23)10-13-2-6-15(7-3-13)31-16-8-4-14(5-9-16)11-18-20(28)25(12-19(26)27)22(32)33-18/h2-9,17-18,24H,10-12H2,1H3,(H,26,27). The first kappa shape index (κ1) is 25.0. The zero-order chi connectivity index (χ0) is 24.0. The molecule has 0 saturated carbocycles. The van der Waals surface area contributed by atoms with Crippen molar-refractivity contribution in [3.8, 4) is 11.5 Å². The van der Waals surface area contributed by atoms with Gasteiger partial charge in [-0.05, 0) is 60.0 Å². The van der Waals surface area contributed by atoms with Crippen LogP contribution in [0.1, 0.15) is 11.1 Å². The number of thiocarbonyl (C=S) groups is 1. The molecule has 2 unspecified atom stereocenters. The highest BCUT2D eigenvalue weighted by molar-refractivity contribution is 8.24. The van der Waals surface area contributed by atoms with Crippen molar-refractivity contribution in [1.29, 1.82) is 0 Å². The highest BCUT2D eigenvalue weighted by Gasteiger charge is 2.37. The Morgan fingerprint density at radius 2 is 1.73 bits per heavy atom. The lowest BCUT2D eigenvalue weighted by Gasteiger charge is -2.13. The molecule has 0 bridgehead atoms. The van der Waals surface area contributed by atoms with E-state index in [9.17, 15) is 14.4 Å². The van der Waals surface area contributed by atoms with Crippen molar-refractivity contribution < 1.29 is 29.0 Å². The molecule has 174 valence electrons. The van der Waals surface area contributed by atoms with Crippen molar-refractivity contribution in [2.24, 2.45) is 0 Å². The number of halogens is 1. The van der Waals surface area contributed by atoms with Gasteiger partial charge >= 0.3 is 11.9 Å². The minimum absolute atomic E-state index is 0.286. The first-order valence-electron chi connectivity index (χ1n) is 9.84. The highest BCUT2D eigenvalue weighted by atomic mass is 35.5. The van der Waals surface area contributed by atoms with Crippen LogP contribution in [0.2, 0.25) is 0 Å². The molecule has 1 saturated heterocycles. The Morgan fingerprint density at radius 1 is 1.15 bits per heavy atom. The van der Waals surface area contributed by atoms with Crippen LogP contribution in [0.3, 0.4) is 0 Å². The van der Waals surface area contributed by atoms with Crippen LogP contribution in [0.15, 0.2) is 48.5 Å². The van der Waals surface area contributed by atoms with E-state index in [1.807, 2.05) is 24.3 Å². The number of methoxy groups -OCH3 is 1. The summed E-state index contributed by atoms with van der Waals surface area (Å²) in [5, 5.41) is 8.49. The van der Waals surface area contributed by atoms with E-state index >= 15 is 0 Å². The van der Waals surface area contributed by atoms with E-state index in [-0.39, 0.29) is 10.2 Å². The van der Waals surface area contributed by atoms with E-state index in [1.165, 1.54) is 18.9 Å². The summed E-state index contributed by atoms with van der Waals surface area (Å²) in [6.45, 7) is -0.418. The van der Waals surface area contributed by atoms with Gasteiger partial charge in [0.05, 0.1) is 12.4 Å². The van der Waals surface area contributed by atoms with Crippen molar-refractivity contribution in [3.05, 3.63) is 59.7 Å². The molecule has 2 aromatic rings. The molecule has 3 rings (SSSR count). The lowest BCUT2D eigenvalue weighted by atomic mass is 10.1. The van der Waals surface area contributed by atoms with Gasteiger partial charge in [0, 0.05) is 0 Å². The Kier molecular flexibility index (Phi) is 8.67. The van der Waals surface area contributed by atoms with Crippen LogP contribution in [-0.4, -0.2) is 57.1 Å². The monoisotopic (exact) mass is 508 g/mol. The van der Waals surface area contributed by atoms with Gasteiger partial charge in [-0.2, -0.15) is 0 Å². The quantitative estimate of drug-likeness (QED) is 0.284. The summed E-state index contributed by atoms with van der Waals surface area (Å²) in [6, 6.07) is 13.9. The first-order valence-corrected chi connectivity index (χ1v) is 11.5. The number of esters is 1. The second kappa shape index (κ2) is 11.5. The second-order valence-electron chi connectivity index (χ2n) is 7.17. The van der Waals surface area contributed by atoms with Gasteiger partial charge in [0.1, 0.15) is 28.4 Å². The Hall–Kier alpha value is -2.66. The number of nitrogens with one attached hydrogen (secondary N) is 1. The molecule has 2 N–H and O–H groups in total. The van der Waals surface area contributed by atoms with Crippen LogP contribution in [0.4, 0.5) is 0 Å². The third-order valence-electron chi connectivity index (χ3n) is 4.86. The number of ether oxygens (including phenoxy) is 2. The van der Waals surface area contributed by atoms with E-state index in [0.717, 1.165) is 16.0 Å². The summed E-state index contributed by atoms with van der Waals surface area (Å²) < 4.78 is 10.8. The summed E-state index contributed by atoms with van der Waals surface area (Å²) in [5.41, 5.74) is 1.79. The number of carboxylic acid groups (broad SMARTS) is 1. The maximum Gasteiger partial charge on any atom is 0.324 e. The molecule has 2 aromatic carbocycles. The molecule has 0 aromatic heterocycles. The average Bonchev–Trinajstić information content (AvgIpc) is 3.06. The molecule has 0 aliphatic carbocycles. The maximum absolute atomic E-state index is 12.4. The van der Waals surface area contributed by atoms with Gasteiger partial charge in [-0.3, -0.25) is 19.3 Å².